The molecule has 0 fully saturated rings. The van der Waals surface area contributed by atoms with E-state index >= 15 is 0 Å². The molecule has 0 aromatic carbocycles. The fourth-order valence-electron chi connectivity index (χ4n) is 2.86. The van der Waals surface area contributed by atoms with Crippen molar-refractivity contribution in [3.8, 4) is 0 Å². The molecule has 106 valence electrons. The Morgan fingerprint density at radius 1 is 1.33 bits per heavy atom. The number of hydrogen-bond donors (Lipinski definition) is 1. The lowest BCUT2D eigenvalue weighted by atomic mass is 10.0. The van der Waals surface area contributed by atoms with Gasteiger partial charge in [0.25, 0.3) is 5.91 Å². The maximum Gasteiger partial charge on any atom is 0.253 e. The molecular weight excluding hydrogens is 266 g/mol. The Morgan fingerprint density at radius 3 is 3.24 bits per heavy atom. The third kappa shape index (κ3) is 2.08. The number of nitrogens with zero attached hydrogens (tertiary/aromatic N) is 4. The van der Waals surface area contributed by atoms with Gasteiger partial charge < -0.3 is 9.72 Å². The summed E-state index contributed by atoms with van der Waals surface area (Å²) in [7, 11) is 0. The molecule has 6 nitrogen and oxygen atoms in total. The Morgan fingerprint density at radius 2 is 2.29 bits per heavy atom. The van der Waals surface area contributed by atoms with Gasteiger partial charge in [0, 0.05) is 18.9 Å². The third-order valence-corrected chi connectivity index (χ3v) is 3.94. The summed E-state index contributed by atoms with van der Waals surface area (Å²) in [6.45, 7) is 0.926. The summed E-state index contributed by atoms with van der Waals surface area (Å²) in [5.74, 6) is -0.0646. The van der Waals surface area contributed by atoms with Gasteiger partial charge in [0.15, 0.2) is 0 Å². The number of carbonyl (C=O) groups excluding carboxylic acids is 1. The van der Waals surface area contributed by atoms with Gasteiger partial charge in [0.05, 0.1) is 35.3 Å². The number of aryl methyl sites for hydroxylation is 1. The van der Waals surface area contributed by atoms with Crippen molar-refractivity contribution >= 4 is 11.4 Å². The number of amides is 1. The van der Waals surface area contributed by atoms with Crippen LogP contribution in [0.2, 0.25) is 0 Å². The number of imidazole rings is 1. The van der Waals surface area contributed by atoms with Crippen LogP contribution in [-0.2, 0) is 6.54 Å². The lowest BCUT2D eigenvalue weighted by Gasteiger charge is -2.24. The number of rotatable bonds is 2. The minimum absolute atomic E-state index is 0.0345. The molecule has 0 aliphatic carbocycles. The van der Waals surface area contributed by atoms with E-state index in [-0.39, 0.29) is 11.9 Å². The summed E-state index contributed by atoms with van der Waals surface area (Å²) in [4.78, 5) is 16.5. The van der Waals surface area contributed by atoms with E-state index in [4.69, 9.17) is 0 Å². The van der Waals surface area contributed by atoms with Crippen molar-refractivity contribution in [1.29, 1.82) is 0 Å². The van der Waals surface area contributed by atoms with Gasteiger partial charge in [-0.15, -0.1) is 0 Å². The van der Waals surface area contributed by atoms with E-state index in [1.54, 1.807) is 24.9 Å². The Balaban J connectivity index is 1.59. The molecule has 4 heterocycles. The maximum atomic E-state index is 12.4. The van der Waals surface area contributed by atoms with Crippen molar-refractivity contribution in [2.45, 2.75) is 25.4 Å². The van der Waals surface area contributed by atoms with E-state index < -0.39 is 0 Å². The highest BCUT2D eigenvalue weighted by Gasteiger charge is 2.22. The van der Waals surface area contributed by atoms with Crippen LogP contribution in [0.15, 0.2) is 43.1 Å². The smallest absolute Gasteiger partial charge is 0.253 e. The molecule has 1 unspecified atom stereocenters. The standard InChI is InChI=1S/C15H15N5O/c21-15(11-3-4-12-8-16-10-19(12)9-11)18-13-2-1-7-20-14(13)5-6-17-20/h3-6,8-10,13H,1-2,7H2,(H,18,21). The summed E-state index contributed by atoms with van der Waals surface area (Å²) in [5.41, 5.74) is 2.69. The van der Waals surface area contributed by atoms with Crippen LogP contribution in [0.25, 0.3) is 5.52 Å². The molecule has 1 N–H and O–H groups in total. The number of fused-ring (bicyclic) bond motifs is 2. The molecule has 1 amide bonds. The minimum atomic E-state index is -0.0646. The lowest BCUT2D eigenvalue weighted by Crippen LogP contribution is -2.32. The lowest BCUT2D eigenvalue weighted by molar-refractivity contribution is 0.0928. The molecule has 4 rings (SSSR count). The highest BCUT2D eigenvalue weighted by Crippen LogP contribution is 2.24. The predicted octanol–water partition coefficient (Wildman–Crippen LogP) is 1.80. The molecule has 21 heavy (non-hydrogen) atoms. The second kappa shape index (κ2) is 4.73. The molecule has 0 saturated heterocycles. The van der Waals surface area contributed by atoms with Crippen molar-refractivity contribution in [3.63, 3.8) is 0 Å². The van der Waals surface area contributed by atoms with Crippen molar-refractivity contribution in [2.75, 3.05) is 0 Å². The molecule has 3 aromatic rings. The monoisotopic (exact) mass is 281 g/mol. The van der Waals surface area contributed by atoms with Crippen LogP contribution in [0.3, 0.4) is 0 Å². The summed E-state index contributed by atoms with van der Waals surface area (Å²) in [6, 6.07) is 5.73. The zero-order valence-corrected chi connectivity index (χ0v) is 11.4. The molecule has 1 aliphatic rings. The quantitative estimate of drug-likeness (QED) is 0.779. The molecule has 0 saturated carbocycles. The van der Waals surface area contributed by atoms with Gasteiger partial charge in [0.1, 0.15) is 0 Å². The van der Waals surface area contributed by atoms with E-state index in [1.165, 1.54) is 0 Å². The second-order valence-corrected chi connectivity index (χ2v) is 5.29. The van der Waals surface area contributed by atoms with Crippen molar-refractivity contribution in [3.05, 3.63) is 54.4 Å². The average Bonchev–Trinajstić information content (AvgIpc) is 3.15. The number of hydrogen-bond acceptors (Lipinski definition) is 3. The molecule has 0 radical (unpaired) electrons. The molecular formula is C15H15N5O. The predicted molar refractivity (Wildman–Crippen MR) is 76.9 cm³/mol. The molecule has 1 aliphatic heterocycles. The van der Waals surface area contributed by atoms with Gasteiger partial charge in [0.2, 0.25) is 0 Å². The Kier molecular flexibility index (Phi) is 2.73. The SMILES string of the molecule is O=C(NC1CCCn2nccc21)c1ccc2cncn2c1. The molecule has 0 spiro atoms. The zero-order chi connectivity index (χ0) is 14.2. The molecule has 0 bridgehead atoms. The first-order valence-corrected chi connectivity index (χ1v) is 7.05. The van der Waals surface area contributed by atoms with Crippen LogP contribution in [0.1, 0.15) is 34.9 Å². The van der Waals surface area contributed by atoms with Gasteiger partial charge in [-0.2, -0.15) is 5.10 Å². The molecule has 3 aromatic heterocycles. The summed E-state index contributed by atoms with van der Waals surface area (Å²) in [5, 5.41) is 7.37. The van der Waals surface area contributed by atoms with Gasteiger partial charge in [-0.1, -0.05) is 0 Å². The highest BCUT2D eigenvalue weighted by molar-refractivity contribution is 5.94. The summed E-state index contributed by atoms with van der Waals surface area (Å²) in [6.07, 6.45) is 9.03. The van der Waals surface area contributed by atoms with Crippen LogP contribution >= 0.6 is 0 Å². The van der Waals surface area contributed by atoms with Gasteiger partial charge in [-0.3, -0.25) is 9.48 Å². The fourth-order valence-corrected chi connectivity index (χ4v) is 2.86. The number of carbonyl (C=O) groups is 1. The van der Waals surface area contributed by atoms with E-state index in [0.717, 1.165) is 30.6 Å². The second-order valence-electron chi connectivity index (χ2n) is 5.29. The van der Waals surface area contributed by atoms with E-state index in [2.05, 4.69) is 15.4 Å². The van der Waals surface area contributed by atoms with Crippen LogP contribution in [0, 0.1) is 0 Å². The molecule has 1 atom stereocenters. The normalized spacial score (nSPS) is 17.6. The van der Waals surface area contributed by atoms with Gasteiger partial charge >= 0.3 is 0 Å². The zero-order valence-electron chi connectivity index (χ0n) is 11.4. The first kappa shape index (κ1) is 12.1. The number of nitrogens with one attached hydrogen (secondary N) is 1. The van der Waals surface area contributed by atoms with Crippen LogP contribution < -0.4 is 5.32 Å². The van der Waals surface area contributed by atoms with Crippen molar-refractivity contribution < 1.29 is 4.79 Å². The van der Waals surface area contributed by atoms with E-state index in [9.17, 15) is 4.79 Å². The number of pyridine rings is 1. The largest absolute Gasteiger partial charge is 0.344 e. The Labute approximate surface area is 121 Å². The fraction of sp³-hybridized carbons (Fsp3) is 0.267. The molecule has 6 heteroatoms. The van der Waals surface area contributed by atoms with Crippen LogP contribution in [0.5, 0.6) is 0 Å². The summed E-state index contributed by atoms with van der Waals surface area (Å²) >= 11 is 0. The first-order valence-electron chi connectivity index (χ1n) is 7.05. The van der Waals surface area contributed by atoms with Crippen LogP contribution in [-0.4, -0.2) is 25.1 Å². The van der Waals surface area contributed by atoms with Crippen molar-refractivity contribution in [2.24, 2.45) is 0 Å². The van der Waals surface area contributed by atoms with E-state index in [0.29, 0.717) is 5.56 Å². The van der Waals surface area contributed by atoms with E-state index in [1.807, 2.05) is 27.3 Å². The van der Waals surface area contributed by atoms with Gasteiger partial charge in [-0.05, 0) is 31.0 Å². The minimum Gasteiger partial charge on any atom is -0.344 e. The first-order chi connectivity index (χ1) is 10.3. The topological polar surface area (TPSA) is 64.2 Å². The van der Waals surface area contributed by atoms with Crippen LogP contribution in [0.4, 0.5) is 0 Å². The highest BCUT2D eigenvalue weighted by atomic mass is 16.1. The third-order valence-electron chi connectivity index (χ3n) is 3.94. The van der Waals surface area contributed by atoms with Crippen molar-refractivity contribution in [1.82, 2.24) is 24.5 Å². The average molecular weight is 281 g/mol. The summed E-state index contributed by atoms with van der Waals surface area (Å²) < 4.78 is 3.81. The Hall–Kier alpha value is -2.63. The maximum absolute atomic E-state index is 12.4. The Bertz CT molecular complexity index is 803. The number of aromatic nitrogens is 4. The van der Waals surface area contributed by atoms with Gasteiger partial charge in [-0.25, -0.2) is 4.98 Å².